The van der Waals surface area contributed by atoms with Gasteiger partial charge in [0.15, 0.2) is 4.84 Å². The first-order chi connectivity index (χ1) is 3.77. The fourth-order valence-corrected chi connectivity index (χ4v) is 0.620. The number of alkyl halides is 1. The SMILES string of the molecule is FCCCC[C](Cl)Cl. The van der Waals surface area contributed by atoms with Gasteiger partial charge in [-0.05, 0) is 19.3 Å². The van der Waals surface area contributed by atoms with Gasteiger partial charge in [-0.3, -0.25) is 4.39 Å². The molecule has 0 fully saturated rings. The van der Waals surface area contributed by atoms with Crippen LogP contribution in [0.1, 0.15) is 19.3 Å². The van der Waals surface area contributed by atoms with Crippen LogP contribution in [0.3, 0.4) is 0 Å². The van der Waals surface area contributed by atoms with Crippen molar-refractivity contribution in [3.63, 3.8) is 0 Å². The normalized spacial score (nSPS) is 10.5. The fourth-order valence-electron chi connectivity index (χ4n) is 0.353. The minimum atomic E-state index is -0.277. The molecular formula is C5H8Cl2F. The van der Waals surface area contributed by atoms with Crippen LogP contribution in [-0.2, 0) is 0 Å². The Morgan fingerprint density at radius 3 is 2.25 bits per heavy atom. The van der Waals surface area contributed by atoms with Crippen LogP contribution in [0.4, 0.5) is 4.39 Å². The van der Waals surface area contributed by atoms with Crippen LogP contribution < -0.4 is 0 Å². The molecule has 49 valence electrons. The Balaban J connectivity index is 2.72. The van der Waals surface area contributed by atoms with E-state index >= 15 is 0 Å². The zero-order chi connectivity index (χ0) is 6.41. The minimum Gasteiger partial charge on any atom is -0.251 e. The predicted octanol–water partition coefficient (Wildman–Crippen LogP) is 3.09. The van der Waals surface area contributed by atoms with E-state index in [1.54, 1.807) is 0 Å². The molecule has 3 heteroatoms. The molecule has 0 bridgehead atoms. The van der Waals surface area contributed by atoms with E-state index in [0.717, 1.165) is 6.42 Å². The van der Waals surface area contributed by atoms with Crippen LogP contribution in [0.15, 0.2) is 0 Å². The molecule has 0 nitrogen and oxygen atoms in total. The third-order valence-electron chi connectivity index (χ3n) is 0.749. The van der Waals surface area contributed by atoms with Crippen molar-refractivity contribution in [3.8, 4) is 0 Å². The number of hydrogen-bond donors (Lipinski definition) is 0. The van der Waals surface area contributed by atoms with E-state index in [4.69, 9.17) is 23.2 Å². The van der Waals surface area contributed by atoms with E-state index in [2.05, 4.69) is 0 Å². The summed E-state index contributed by atoms with van der Waals surface area (Å²) in [5, 5.41) is 0. The van der Waals surface area contributed by atoms with Crippen molar-refractivity contribution < 1.29 is 4.39 Å². The molecule has 0 aliphatic rings. The van der Waals surface area contributed by atoms with Crippen molar-refractivity contribution in [2.45, 2.75) is 19.3 Å². The maximum absolute atomic E-state index is 11.3. The van der Waals surface area contributed by atoms with Crippen LogP contribution in [0, 0.1) is 4.84 Å². The molecule has 8 heavy (non-hydrogen) atoms. The summed E-state index contributed by atoms with van der Waals surface area (Å²) >= 11 is 10.5. The lowest BCUT2D eigenvalue weighted by atomic mass is 10.3. The molecule has 0 aliphatic carbocycles. The largest absolute Gasteiger partial charge is 0.251 e. The molecule has 0 aromatic rings. The standard InChI is InChI=1S/C5H8Cl2F/c6-5(7)3-1-2-4-8/h1-4H2. The molecule has 0 saturated heterocycles. The van der Waals surface area contributed by atoms with Crippen molar-refractivity contribution in [2.75, 3.05) is 6.67 Å². The summed E-state index contributed by atoms with van der Waals surface area (Å²) in [6.07, 6.45) is 1.93. The zero-order valence-electron chi connectivity index (χ0n) is 4.46. The molecule has 0 aromatic carbocycles. The number of unbranched alkanes of at least 4 members (excludes halogenated alkanes) is 1. The number of hydrogen-bond acceptors (Lipinski definition) is 0. The number of rotatable bonds is 4. The third kappa shape index (κ3) is 6.51. The molecule has 0 N–H and O–H groups in total. The average Bonchev–Trinajstić information content (AvgIpc) is 1.66. The summed E-state index contributed by atoms with van der Waals surface area (Å²) in [7, 11) is 0. The van der Waals surface area contributed by atoms with Gasteiger partial charge in [-0.25, -0.2) is 0 Å². The van der Waals surface area contributed by atoms with E-state index in [1.165, 1.54) is 0 Å². The quantitative estimate of drug-likeness (QED) is 0.551. The van der Waals surface area contributed by atoms with Crippen LogP contribution in [-0.4, -0.2) is 6.67 Å². The van der Waals surface area contributed by atoms with Gasteiger partial charge in [0.2, 0.25) is 0 Å². The van der Waals surface area contributed by atoms with Crippen molar-refractivity contribution in [3.05, 3.63) is 4.84 Å². The van der Waals surface area contributed by atoms with E-state index in [1.807, 2.05) is 0 Å². The summed E-state index contributed by atoms with van der Waals surface area (Å²) in [6.45, 7) is -0.277. The highest BCUT2D eigenvalue weighted by Gasteiger charge is 1.97. The summed E-state index contributed by atoms with van der Waals surface area (Å²) in [5.41, 5.74) is 0. The first-order valence-corrected chi connectivity index (χ1v) is 3.25. The Labute approximate surface area is 59.0 Å². The first-order valence-electron chi connectivity index (χ1n) is 2.50. The monoisotopic (exact) mass is 157 g/mol. The van der Waals surface area contributed by atoms with E-state index < -0.39 is 0 Å². The topological polar surface area (TPSA) is 0 Å². The molecule has 0 unspecified atom stereocenters. The number of halogens is 3. The van der Waals surface area contributed by atoms with Gasteiger partial charge >= 0.3 is 0 Å². The van der Waals surface area contributed by atoms with Crippen molar-refractivity contribution in [2.24, 2.45) is 0 Å². The molecule has 0 heterocycles. The van der Waals surface area contributed by atoms with Crippen molar-refractivity contribution >= 4 is 23.2 Å². The molecule has 0 rings (SSSR count). The highest BCUT2D eigenvalue weighted by molar-refractivity contribution is 6.52. The second-order valence-corrected chi connectivity index (χ2v) is 2.59. The summed E-state index contributed by atoms with van der Waals surface area (Å²) in [6, 6.07) is 0. The molecule has 1 radical (unpaired) electrons. The van der Waals surface area contributed by atoms with Gasteiger partial charge in [0.05, 0.1) is 6.67 Å². The molecule has 0 aromatic heterocycles. The van der Waals surface area contributed by atoms with Gasteiger partial charge in [-0.1, -0.05) is 23.2 Å². The Kier molecular flexibility index (Phi) is 6.00. The second kappa shape index (κ2) is 5.64. The van der Waals surface area contributed by atoms with E-state index in [-0.39, 0.29) is 6.67 Å². The highest BCUT2D eigenvalue weighted by atomic mass is 35.5. The van der Waals surface area contributed by atoms with Crippen LogP contribution in [0.5, 0.6) is 0 Å². The highest BCUT2D eigenvalue weighted by Crippen LogP contribution is 2.19. The Morgan fingerprint density at radius 1 is 1.25 bits per heavy atom. The Morgan fingerprint density at radius 2 is 1.88 bits per heavy atom. The average molecular weight is 158 g/mol. The maximum Gasteiger partial charge on any atom is 0.151 e. The minimum absolute atomic E-state index is 0.277. The van der Waals surface area contributed by atoms with Gasteiger partial charge in [0, 0.05) is 0 Å². The van der Waals surface area contributed by atoms with Crippen molar-refractivity contribution in [1.29, 1.82) is 0 Å². The van der Waals surface area contributed by atoms with Crippen molar-refractivity contribution in [1.82, 2.24) is 0 Å². The van der Waals surface area contributed by atoms with Gasteiger partial charge in [-0.2, -0.15) is 0 Å². The van der Waals surface area contributed by atoms with Gasteiger partial charge < -0.3 is 0 Å². The smallest absolute Gasteiger partial charge is 0.151 e. The fraction of sp³-hybridized carbons (Fsp3) is 0.800. The van der Waals surface area contributed by atoms with Crippen LogP contribution in [0.2, 0.25) is 0 Å². The molecule has 0 amide bonds. The van der Waals surface area contributed by atoms with Crippen LogP contribution in [0.25, 0.3) is 0 Å². The summed E-state index contributed by atoms with van der Waals surface area (Å²) in [4.78, 5) is 0.346. The molecule has 0 saturated carbocycles. The lowest BCUT2D eigenvalue weighted by Crippen LogP contribution is -1.79. The molecular weight excluding hydrogens is 150 g/mol. The first kappa shape index (κ1) is 8.51. The lowest BCUT2D eigenvalue weighted by molar-refractivity contribution is 0.462. The molecule has 0 aliphatic heterocycles. The summed E-state index contributed by atoms with van der Waals surface area (Å²) in [5.74, 6) is 0. The van der Waals surface area contributed by atoms with E-state index in [0.29, 0.717) is 17.7 Å². The Hall–Kier alpha value is 0.510. The second-order valence-electron chi connectivity index (χ2n) is 1.48. The van der Waals surface area contributed by atoms with Gasteiger partial charge in [-0.15, -0.1) is 0 Å². The third-order valence-corrected chi connectivity index (χ3v) is 1.13. The van der Waals surface area contributed by atoms with Gasteiger partial charge in [0.1, 0.15) is 0 Å². The predicted molar refractivity (Wildman–Crippen MR) is 34.8 cm³/mol. The lowest BCUT2D eigenvalue weighted by Gasteiger charge is -1.94. The van der Waals surface area contributed by atoms with Crippen LogP contribution >= 0.6 is 23.2 Å². The molecule has 0 spiro atoms. The van der Waals surface area contributed by atoms with Gasteiger partial charge in [0.25, 0.3) is 0 Å². The zero-order valence-corrected chi connectivity index (χ0v) is 5.97. The Bertz CT molecular complexity index is 47.7. The van der Waals surface area contributed by atoms with E-state index in [9.17, 15) is 4.39 Å². The maximum atomic E-state index is 11.3. The molecule has 0 atom stereocenters. The summed E-state index contributed by atoms with van der Waals surface area (Å²) < 4.78 is 11.3.